The number of hydrogen-bond acceptors (Lipinski definition) is 4. The second-order valence-corrected chi connectivity index (χ2v) is 5.87. The summed E-state index contributed by atoms with van der Waals surface area (Å²) in [5.41, 5.74) is 0. The van der Waals surface area contributed by atoms with Crippen LogP contribution in [0.15, 0.2) is 18.2 Å². The molecule has 2 heterocycles. The summed E-state index contributed by atoms with van der Waals surface area (Å²) in [7, 11) is 0. The number of piperazine rings is 1. The largest absolute Gasteiger partial charge is 0.370 e. The molecule has 1 N–H and O–H groups in total. The van der Waals surface area contributed by atoms with E-state index in [1.807, 2.05) is 6.07 Å². The van der Waals surface area contributed by atoms with E-state index in [1.165, 1.54) is 38.8 Å². The number of rotatable bonds is 4. The highest BCUT2D eigenvalue weighted by Gasteiger charge is 2.26. The van der Waals surface area contributed by atoms with Gasteiger partial charge < -0.3 is 10.2 Å². The van der Waals surface area contributed by atoms with Gasteiger partial charge in [0.1, 0.15) is 11.6 Å². The highest BCUT2D eigenvalue weighted by molar-refractivity contribution is 5.47. The van der Waals surface area contributed by atoms with Crippen LogP contribution in [0.1, 0.15) is 32.6 Å². The van der Waals surface area contributed by atoms with Gasteiger partial charge in [-0.25, -0.2) is 4.98 Å². The van der Waals surface area contributed by atoms with Crippen LogP contribution in [0.4, 0.5) is 11.6 Å². The van der Waals surface area contributed by atoms with Crippen LogP contribution >= 0.6 is 0 Å². The molecular formula is C16H26N4. The predicted molar refractivity (Wildman–Crippen MR) is 84.4 cm³/mol. The van der Waals surface area contributed by atoms with Crippen molar-refractivity contribution in [1.29, 1.82) is 0 Å². The summed E-state index contributed by atoms with van der Waals surface area (Å²) in [4.78, 5) is 9.82. The lowest BCUT2D eigenvalue weighted by Gasteiger charge is -2.38. The summed E-state index contributed by atoms with van der Waals surface area (Å²) in [6, 6.07) is 7.13. The summed E-state index contributed by atoms with van der Waals surface area (Å²) < 4.78 is 0. The van der Waals surface area contributed by atoms with Gasteiger partial charge in [0.25, 0.3) is 0 Å². The molecule has 1 saturated heterocycles. The average Bonchev–Trinajstić information content (AvgIpc) is 3.02. The number of aromatic nitrogens is 1. The number of pyridine rings is 1. The van der Waals surface area contributed by atoms with Gasteiger partial charge in [0, 0.05) is 38.8 Å². The van der Waals surface area contributed by atoms with E-state index in [-0.39, 0.29) is 0 Å². The number of anilines is 2. The van der Waals surface area contributed by atoms with Gasteiger partial charge in [-0.3, -0.25) is 4.90 Å². The lowest BCUT2D eigenvalue weighted by atomic mass is 10.2. The van der Waals surface area contributed by atoms with Crippen LogP contribution < -0.4 is 10.2 Å². The zero-order valence-corrected chi connectivity index (χ0v) is 12.5. The van der Waals surface area contributed by atoms with Gasteiger partial charge in [-0.15, -0.1) is 0 Å². The molecule has 4 nitrogen and oxygen atoms in total. The molecule has 2 aliphatic rings. The van der Waals surface area contributed by atoms with Crippen molar-refractivity contribution in [2.75, 3.05) is 42.9 Å². The van der Waals surface area contributed by atoms with Crippen molar-refractivity contribution in [3.05, 3.63) is 18.2 Å². The Balaban J connectivity index is 1.58. The van der Waals surface area contributed by atoms with Crippen LogP contribution in [0, 0.1) is 0 Å². The normalized spacial score (nSPS) is 21.4. The van der Waals surface area contributed by atoms with E-state index in [0.29, 0.717) is 0 Å². The second kappa shape index (κ2) is 6.44. The first-order chi connectivity index (χ1) is 9.86. The van der Waals surface area contributed by atoms with Gasteiger partial charge in [-0.1, -0.05) is 18.9 Å². The fourth-order valence-electron chi connectivity index (χ4n) is 3.46. The van der Waals surface area contributed by atoms with Crippen molar-refractivity contribution < 1.29 is 0 Å². The molecule has 1 aliphatic carbocycles. The lowest BCUT2D eigenvalue weighted by Crippen LogP contribution is -2.50. The zero-order chi connectivity index (χ0) is 13.8. The molecule has 1 saturated carbocycles. The molecule has 0 bridgehead atoms. The molecule has 1 aromatic heterocycles. The molecule has 0 radical (unpaired) electrons. The average molecular weight is 274 g/mol. The number of nitrogens with one attached hydrogen (secondary N) is 1. The smallest absolute Gasteiger partial charge is 0.131 e. The second-order valence-electron chi connectivity index (χ2n) is 5.87. The minimum Gasteiger partial charge on any atom is -0.370 e. The molecule has 2 fully saturated rings. The lowest BCUT2D eigenvalue weighted by molar-refractivity contribution is 0.187. The predicted octanol–water partition coefficient (Wildman–Crippen LogP) is 2.58. The highest BCUT2D eigenvalue weighted by atomic mass is 15.3. The Bertz CT molecular complexity index is 420. The Morgan fingerprint density at radius 1 is 1.15 bits per heavy atom. The van der Waals surface area contributed by atoms with Crippen molar-refractivity contribution >= 4 is 11.6 Å². The van der Waals surface area contributed by atoms with E-state index < -0.39 is 0 Å². The van der Waals surface area contributed by atoms with E-state index in [2.05, 4.69) is 34.2 Å². The molecule has 0 amide bonds. The summed E-state index contributed by atoms with van der Waals surface area (Å²) in [6.07, 6.45) is 5.68. The molecule has 0 unspecified atom stereocenters. The minimum atomic E-state index is 0.859. The Morgan fingerprint density at radius 2 is 1.90 bits per heavy atom. The maximum absolute atomic E-state index is 4.71. The maximum Gasteiger partial charge on any atom is 0.131 e. The Labute approximate surface area is 122 Å². The SMILES string of the molecule is CCNc1cccc(N2CCN(C3CCCC3)CC2)n1. The fourth-order valence-corrected chi connectivity index (χ4v) is 3.46. The standard InChI is InChI=1S/C16H26N4/c1-2-17-15-8-5-9-16(18-15)20-12-10-19(11-13-20)14-6-3-4-7-14/h5,8-9,14H,2-4,6-7,10-13H2,1H3,(H,17,18). The van der Waals surface area contributed by atoms with Gasteiger partial charge in [0.2, 0.25) is 0 Å². The third kappa shape index (κ3) is 3.06. The van der Waals surface area contributed by atoms with Crippen molar-refractivity contribution in [1.82, 2.24) is 9.88 Å². The Hall–Kier alpha value is -1.29. The maximum atomic E-state index is 4.71. The molecule has 0 spiro atoms. The molecule has 0 aromatic carbocycles. The van der Waals surface area contributed by atoms with Gasteiger partial charge in [0.05, 0.1) is 0 Å². The van der Waals surface area contributed by atoms with Crippen molar-refractivity contribution in [2.45, 2.75) is 38.6 Å². The molecule has 4 heteroatoms. The summed E-state index contributed by atoms with van der Waals surface area (Å²) >= 11 is 0. The molecule has 3 rings (SSSR count). The van der Waals surface area contributed by atoms with Crippen molar-refractivity contribution in [2.24, 2.45) is 0 Å². The summed E-state index contributed by atoms with van der Waals surface area (Å²) in [6.45, 7) is 7.63. The first-order valence-electron chi connectivity index (χ1n) is 8.07. The molecule has 110 valence electrons. The summed E-state index contributed by atoms with van der Waals surface area (Å²) in [5, 5.41) is 3.29. The molecule has 1 aromatic rings. The van der Waals surface area contributed by atoms with E-state index in [9.17, 15) is 0 Å². The van der Waals surface area contributed by atoms with Crippen molar-refractivity contribution in [3.63, 3.8) is 0 Å². The zero-order valence-electron chi connectivity index (χ0n) is 12.5. The van der Waals surface area contributed by atoms with Gasteiger partial charge in [0.15, 0.2) is 0 Å². The summed E-state index contributed by atoms with van der Waals surface area (Å²) in [5.74, 6) is 2.11. The van der Waals surface area contributed by atoms with Crippen LogP contribution in [0.2, 0.25) is 0 Å². The molecular weight excluding hydrogens is 248 g/mol. The van der Waals surface area contributed by atoms with Gasteiger partial charge in [-0.2, -0.15) is 0 Å². The van der Waals surface area contributed by atoms with E-state index in [4.69, 9.17) is 4.98 Å². The number of hydrogen-bond donors (Lipinski definition) is 1. The van der Waals surface area contributed by atoms with Crippen LogP contribution in [0.25, 0.3) is 0 Å². The minimum absolute atomic E-state index is 0.859. The molecule has 0 atom stereocenters. The van der Waals surface area contributed by atoms with E-state index in [0.717, 1.165) is 37.3 Å². The first kappa shape index (κ1) is 13.7. The topological polar surface area (TPSA) is 31.4 Å². The van der Waals surface area contributed by atoms with Crippen LogP contribution in [-0.4, -0.2) is 48.6 Å². The van der Waals surface area contributed by atoms with Crippen LogP contribution in [-0.2, 0) is 0 Å². The quantitative estimate of drug-likeness (QED) is 0.914. The van der Waals surface area contributed by atoms with Crippen LogP contribution in [0.3, 0.4) is 0 Å². The number of nitrogens with zero attached hydrogens (tertiary/aromatic N) is 3. The van der Waals surface area contributed by atoms with Crippen LogP contribution in [0.5, 0.6) is 0 Å². The fraction of sp³-hybridized carbons (Fsp3) is 0.688. The van der Waals surface area contributed by atoms with E-state index >= 15 is 0 Å². The third-order valence-electron chi connectivity index (χ3n) is 4.57. The van der Waals surface area contributed by atoms with Gasteiger partial charge >= 0.3 is 0 Å². The Kier molecular flexibility index (Phi) is 4.41. The molecule has 1 aliphatic heterocycles. The first-order valence-corrected chi connectivity index (χ1v) is 8.07. The highest BCUT2D eigenvalue weighted by Crippen LogP contribution is 2.25. The monoisotopic (exact) mass is 274 g/mol. The Morgan fingerprint density at radius 3 is 2.60 bits per heavy atom. The van der Waals surface area contributed by atoms with E-state index in [1.54, 1.807) is 0 Å². The third-order valence-corrected chi connectivity index (χ3v) is 4.57. The van der Waals surface area contributed by atoms with Gasteiger partial charge in [-0.05, 0) is 31.9 Å². The molecule has 20 heavy (non-hydrogen) atoms. The van der Waals surface area contributed by atoms with Crippen molar-refractivity contribution in [3.8, 4) is 0 Å².